The topological polar surface area (TPSA) is 21.3 Å². The predicted octanol–water partition coefficient (Wildman–Crippen LogP) is 3.48. The Kier molecular flexibility index (Phi) is 5.80. The second kappa shape index (κ2) is 7.61. The molecule has 1 unspecified atom stereocenters. The Hall–Kier alpha value is -0.930. The minimum atomic E-state index is -0.156. The first-order valence-electron chi connectivity index (χ1n) is 7.27. The first-order chi connectivity index (χ1) is 9.29. The molecule has 3 heteroatoms. The molecule has 1 aromatic rings. The molecule has 0 saturated heterocycles. The summed E-state index contributed by atoms with van der Waals surface area (Å²) in [6.45, 7) is 1.83. The zero-order valence-electron chi connectivity index (χ0n) is 11.7. The SMILES string of the molecule is COCCCCC(CNC1CC1)c1ccc(F)cc1. The van der Waals surface area contributed by atoms with Crippen molar-refractivity contribution in [2.45, 2.75) is 44.1 Å². The maximum absolute atomic E-state index is 13.0. The summed E-state index contributed by atoms with van der Waals surface area (Å²) in [5.41, 5.74) is 1.24. The van der Waals surface area contributed by atoms with Crippen LogP contribution in [-0.4, -0.2) is 26.3 Å². The molecule has 1 aromatic carbocycles. The minimum Gasteiger partial charge on any atom is -0.385 e. The van der Waals surface area contributed by atoms with Gasteiger partial charge in [0.05, 0.1) is 0 Å². The second-order valence-corrected chi connectivity index (χ2v) is 5.42. The van der Waals surface area contributed by atoms with E-state index in [4.69, 9.17) is 4.74 Å². The van der Waals surface area contributed by atoms with E-state index in [0.29, 0.717) is 5.92 Å². The Morgan fingerprint density at radius 1 is 1.26 bits per heavy atom. The zero-order chi connectivity index (χ0) is 13.5. The highest BCUT2D eigenvalue weighted by molar-refractivity contribution is 5.21. The van der Waals surface area contributed by atoms with Crippen molar-refractivity contribution in [3.05, 3.63) is 35.6 Å². The van der Waals surface area contributed by atoms with Crippen molar-refractivity contribution in [2.24, 2.45) is 0 Å². The molecule has 0 aliphatic heterocycles. The molecule has 1 aliphatic rings. The van der Waals surface area contributed by atoms with Crippen LogP contribution in [0.15, 0.2) is 24.3 Å². The quantitative estimate of drug-likeness (QED) is 0.690. The monoisotopic (exact) mass is 265 g/mol. The van der Waals surface area contributed by atoms with Crippen LogP contribution in [-0.2, 0) is 4.74 Å². The highest BCUT2D eigenvalue weighted by Crippen LogP contribution is 2.25. The smallest absolute Gasteiger partial charge is 0.123 e. The number of hydrogen-bond acceptors (Lipinski definition) is 2. The van der Waals surface area contributed by atoms with Gasteiger partial charge in [0.25, 0.3) is 0 Å². The van der Waals surface area contributed by atoms with Crippen molar-refractivity contribution < 1.29 is 9.13 Å². The Balaban J connectivity index is 1.85. The number of ether oxygens (including phenoxy) is 1. The van der Waals surface area contributed by atoms with Gasteiger partial charge in [0.1, 0.15) is 5.82 Å². The highest BCUT2D eigenvalue weighted by Gasteiger charge is 2.22. The van der Waals surface area contributed by atoms with Gasteiger partial charge in [-0.05, 0) is 49.3 Å². The van der Waals surface area contributed by atoms with Crippen LogP contribution in [0, 0.1) is 5.82 Å². The van der Waals surface area contributed by atoms with Gasteiger partial charge in [0, 0.05) is 26.3 Å². The van der Waals surface area contributed by atoms with E-state index in [1.165, 1.54) is 18.4 Å². The summed E-state index contributed by atoms with van der Waals surface area (Å²) in [5, 5.41) is 3.59. The van der Waals surface area contributed by atoms with E-state index < -0.39 is 0 Å². The number of halogens is 1. The van der Waals surface area contributed by atoms with Gasteiger partial charge in [0.2, 0.25) is 0 Å². The molecule has 106 valence electrons. The molecule has 1 N–H and O–H groups in total. The normalized spacial score (nSPS) is 16.5. The zero-order valence-corrected chi connectivity index (χ0v) is 11.7. The number of nitrogens with one attached hydrogen (secondary N) is 1. The summed E-state index contributed by atoms with van der Waals surface area (Å²) < 4.78 is 18.1. The van der Waals surface area contributed by atoms with Gasteiger partial charge in [0.15, 0.2) is 0 Å². The lowest BCUT2D eigenvalue weighted by atomic mass is 9.93. The molecule has 1 saturated carbocycles. The van der Waals surface area contributed by atoms with Crippen LogP contribution in [0.25, 0.3) is 0 Å². The fourth-order valence-electron chi connectivity index (χ4n) is 2.36. The summed E-state index contributed by atoms with van der Waals surface area (Å²) >= 11 is 0. The molecule has 2 nitrogen and oxygen atoms in total. The van der Waals surface area contributed by atoms with Gasteiger partial charge in [-0.3, -0.25) is 0 Å². The maximum atomic E-state index is 13.0. The lowest BCUT2D eigenvalue weighted by molar-refractivity contribution is 0.191. The van der Waals surface area contributed by atoms with E-state index in [0.717, 1.165) is 38.5 Å². The first kappa shape index (κ1) is 14.5. The van der Waals surface area contributed by atoms with Crippen molar-refractivity contribution >= 4 is 0 Å². The second-order valence-electron chi connectivity index (χ2n) is 5.42. The molecule has 1 atom stereocenters. The Bertz CT molecular complexity index is 362. The fourth-order valence-corrected chi connectivity index (χ4v) is 2.36. The van der Waals surface area contributed by atoms with Crippen molar-refractivity contribution in [1.82, 2.24) is 5.32 Å². The van der Waals surface area contributed by atoms with Gasteiger partial charge in [-0.25, -0.2) is 4.39 Å². The molecule has 0 amide bonds. The summed E-state index contributed by atoms with van der Waals surface area (Å²) in [6, 6.07) is 7.70. The van der Waals surface area contributed by atoms with Gasteiger partial charge in [-0.2, -0.15) is 0 Å². The summed E-state index contributed by atoms with van der Waals surface area (Å²) in [7, 11) is 1.74. The average molecular weight is 265 g/mol. The Morgan fingerprint density at radius 3 is 2.63 bits per heavy atom. The predicted molar refractivity (Wildman–Crippen MR) is 75.9 cm³/mol. The van der Waals surface area contributed by atoms with E-state index in [2.05, 4.69) is 5.32 Å². The molecular formula is C16H24FNO. The van der Waals surface area contributed by atoms with E-state index in [1.54, 1.807) is 19.2 Å². The number of methoxy groups -OCH3 is 1. The Morgan fingerprint density at radius 2 is 2.00 bits per heavy atom. The van der Waals surface area contributed by atoms with Gasteiger partial charge in [-0.15, -0.1) is 0 Å². The average Bonchev–Trinajstić information content (AvgIpc) is 3.23. The molecular weight excluding hydrogens is 241 g/mol. The van der Waals surface area contributed by atoms with Crippen molar-refractivity contribution in [3.63, 3.8) is 0 Å². The first-order valence-corrected chi connectivity index (χ1v) is 7.27. The van der Waals surface area contributed by atoms with Crippen molar-refractivity contribution in [3.8, 4) is 0 Å². The summed E-state index contributed by atoms with van der Waals surface area (Å²) in [6.07, 6.45) is 5.99. The molecule has 19 heavy (non-hydrogen) atoms. The van der Waals surface area contributed by atoms with Crippen LogP contribution in [0.1, 0.15) is 43.6 Å². The molecule has 0 spiro atoms. The summed E-state index contributed by atoms with van der Waals surface area (Å²) in [5.74, 6) is 0.329. The van der Waals surface area contributed by atoms with Gasteiger partial charge >= 0.3 is 0 Å². The van der Waals surface area contributed by atoms with Crippen LogP contribution in [0.5, 0.6) is 0 Å². The molecule has 0 bridgehead atoms. The molecule has 0 radical (unpaired) electrons. The van der Waals surface area contributed by atoms with Crippen molar-refractivity contribution in [2.75, 3.05) is 20.3 Å². The third-order valence-corrected chi connectivity index (χ3v) is 3.72. The lowest BCUT2D eigenvalue weighted by Crippen LogP contribution is -2.23. The molecule has 1 aliphatic carbocycles. The maximum Gasteiger partial charge on any atom is 0.123 e. The highest BCUT2D eigenvalue weighted by atomic mass is 19.1. The third-order valence-electron chi connectivity index (χ3n) is 3.72. The lowest BCUT2D eigenvalue weighted by Gasteiger charge is -2.18. The number of rotatable bonds is 9. The van der Waals surface area contributed by atoms with Crippen LogP contribution in [0.2, 0.25) is 0 Å². The van der Waals surface area contributed by atoms with E-state index >= 15 is 0 Å². The minimum absolute atomic E-state index is 0.156. The molecule has 1 fully saturated rings. The molecule has 0 aromatic heterocycles. The summed E-state index contributed by atoms with van der Waals surface area (Å²) in [4.78, 5) is 0. The van der Waals surface area contributed by atoms with Crippen LogP contribution in [0.3, 0.4) is 0 Å². The van der Waals surface area contributed by atoms with E-state index in [9.17, 15) is 4.39 Å². The van der Waals surface area contributed by atoms with E-state index in [-0.39, 0.29) is 5.82 Å². The number of benzene rings is 1. The molecule has 0 heterocycles. The standard InChI is InChI=1S/C16H24FNO/c1-19-11-3-2-4-14(12-18-16-9-10-16)13-5-7-15(17)8-6-13/h5-8,14,16,18H,2-4,9-12H2,1H3. The van der Waals surface area contributed by atoms with Crippen LogP contribution < -0.4 is 5.32 Å². The van der Waals surface area contributed by atoms with Gasteiger partial charge in [-0.1, -0.05) is 18.6 Å². The third kappa shape index (κ3) is 5.29. The molecule has 2 rings (SSSR count). The van der Waals surface area contributed by atoms with Crippen LogP contribution in [0.4, 0.5) is 4.39 Å². The fraction of sp³-hybridized carbons (Fsp3) is 0.625. The van der Waals surface area contributed by atoms with Gasteiger partial charge < -0.3 is 10.1 Å². The largest absolute Gasteiger partial charge is 0.385 e. The Labute approximate surface area is 115 Å². The number of hydrogen-bond donors (Lipinski definition) is 1. The van der Waals surface area contributed by atoms with Crippen LogP contribution >= 0.6 is 0 Å². The van der Waals surface area contributed by atoms with Crippen molar-refractivity contribution in [1.29, 1.82) is 0 Å². The number of unbranched alkanes of at least 4 members (excludes halogenated alkanes) is 1. The van der Waals surface area contributed by atoms with E-state index in [1.807, 2.05) is 12.1 Å².